The fourth-order valence-electron chi connectivity index (χ4n) is 5.53. The van der Waals surface area contributed by atoms with Gasteiger partial charge in [-0.1, -0.05) is 24.3 Å². The molecule has 178 valence electrons. The van der Waals surface area contributed by atoms with Crippen molar-refractivity contribution in [3.05, 3.63) is 53.8 Å². The van der Waals surface area contributed by atoms with Crippen LogP contribution in [-0.4, -0.2) is 62.8 Å². The maximum absolute atomic E-state index is 15.5. The van der Waals surface area contributed by atoms with Crippen molar-refractivity contribution in [2.45, 2.75) is 37.6 Å². The number of aromatic nitrogens is 2. The predicted octanol–water partition coefficient (Wildman–Crippen LogP) is 3.75. The third-order valence-corrected chi connectivity index (χ3v) is 7.86. The van der Waals surface area contributed by atoms with E-state index in [9.17, 15) is 9.59 Å². The number of benzene rings is 2. The molecule has 7 nitrogen and oxygen atoms in total. The molecule has 35 heavy (non-hydrogen) atoms. The Morgan fingerprint density at radius 2 is 1.97 bits per heavy atom. The number of carbonyl (C=O) groups is 2. The normalized spacial score (nSPS) is 22.9. The Morgan fingerprint density at radius 3 is 2.74 bits per heavy atom. The monoisotopic (exact) mass is 471 g/mol. The molecule has 2 aliphatic carbocycles. The second kappa shape index (κ2) is 7.47. The van der Waals surface area contributed by atoms with Gasteiger partial charge in [0.1, 0.15) is 17.2 Å². The van der Waals surface area contributed by atoms with Crippen molar-refractivity contribution in [2.75, 3.05) is 19.6 Å². The number of amides is 2. The molecule has 8 heteroatoms. The first-order chi connectivity index (χ1) is 17.0. The van der Waals surface area contributed by atoms with Gasteiger partial charge in [0.25, 0.3) is 5.91 Å². The van der Waals surface area contributed by atoms with E-state index in [-0.39, 0.29) is 23.7 Å². The van der Waals surface area contributed by atoms with Crippen LogP contribution in [-0.2, 0) is 9.59 Å². The third kappa shape index (κ3) is 3.38. The molecular weight excluding hydrogens is 445 g/mol. The molecule has 7 rings (SSSR count). The minimum Gasteiger partial charge on any atom is -0.342 e. The quantitative estimate of drug-likeness (QED) is 0.615. The highest BCUT2D eigenvalue weighted by atomic mass is 19.1. The van der Waals surface area contributed by atoms with Crippen LogP contribution in [0.3, 0.4) is 0 Å². The van der Waals surface area contributed by atoms with Gasteiger partial charge in [-0.3, -0.25) is 24.6 Å². The maximum Gasteiger partial charge on any atom is 0.256 e. The van der Waals surface area contributed by atoms with Gasteiger partial charge in [-0.25, -0.2) is 4.39 Å². The van der Waals surface area contributed by atoms with Gasteiger partial charge >= 0.3 is 0 Å². The summed E-state index contributed by atoms with van der Waals surface area (Å²) >= 11 is 0. The van der Waals surface area contributed by atoms with Gasteiger partial charge in [0, 0.05) is 36.5 Å². The number of likely N-dealkylation sites (tertiary alicyclic amines) is 1. The molecule has 2 aliphatic heterocycles. The van der Waals surface area contributed by atoms with Gasteiger partial charge in [0.2, 0.25) is 5.91 Å². The summed E-state index contributed by atoms with van der Waals surface area (Å²) in [5, 5.41) is 8.30. The van der Waals surface area contributed by atoms with E-state index in [4.69, 9.17) is 4.99 Å². The fourth-order valence-corrected chi connectivity index (χ4v) is 5.53. The number of hydrogen-bond donors (Lipinski definition) is 1. The molecule has 2 aromatic carbocycles. The molecule has 0 bridgehead atoms. The molecule has 1 saturated heterocycles. The summed E-state index contributed by atoms with van der Waals surface area (Å²) < 4.78 is 15.5. The van der Waals surface area contributed by atoms with Crippen molar-refractivity contribution < 1.29 is 14.0 Å². The Balaban J connectivity index is 1.17. The number of carbonyl (C=O) groups excluding carboxylic acids is 2. The average Bonchev–Trinajstić information content (AvgIpc) is 3.75. The average molecular weight is 472 g/mol. The van der Waals surface area contributed by atoms with Crippen LogP contribution in [0.2, 0.25) is 0 Å². The number of aliphatic imine (C=N–C) groups is 1. The van der Waals surface area contributed by atoms with Crippen molar-refractivity contribution >= 4 is 28.6 Å². The summed E-state index contributed by atoms with van der Waals surface area (Å²) in [5.74, 6) is 0.615. The topological polar surface area (TPSA) is 81.7 Å². The Kier molecular flexibility index (Phi) is 4.44. The lowest BCUT2D eigenvalue weighted by atomic mass is 10.0. The van der Waals surface area contributed by atoms with Crippen molar-refractivity contribution in [1.82, 2.24) is 20.0 Å². The van der Waals surface area contributed by atoms with Gasteiger partial charge in [-0.2, -0.15) is 5.10 Å². The van der Waals surface area contributed by atoms with Crippen LogP contribution in [0, 0.1) is 17.7 Å². The highest BCUT2D eigenvalue weighted by molar-refractivity contribution is 6.16. The molecule has 1 unspecified atom stereocenters. The van der Waals surface area contributed by atoms with E-state index >= 15 is 4.39 Å². The molecule has 0 radical (unpaired) electrons. The van der Waals surface area contributed by atoms with Gasteiger partial charge in [-0.15, -0.1) is 0 Å². The summed E-state index contributed by atoms with van der Waals surface area (Å²) in [6.07, 6.45) is 4.26. The molecule has 1 N–H and O–H groups in total. The molecule has 1 aromatic heterocycles. The maximum atomic E-state index is 15.5. The van der Waals surface area contributed by atoms with Gasteiger partial charge in [0.05, 0.1) is 16.8 Å². The second-order valence-corrected chi connectivity index (χ2v) is 10.4. The molecule has 3 heterocycles. The van der Waals surface area contributed by atoms with Crippen molar-refractivity contribution in [3.63, 3.8) is 0 Å². The van der Waals surface area contributed by atoms with Crippen LogP contribution in [0.15, 0.2) is 47.5 Å². The number of nitrogens with one attached hydrogen (secondary N) is 1. The van der Waals surface area contributed by atoms with Crippen molar-refractivity contribution in [3.8, 4) is 11.3 Å². The summed E-state index contributed by atoms with van der Waals surface area (Å²) in [5.41, 5.74) is 1.89. The Bertz CT molecular complexity index is 1400. The smallest absolute Gasteiger partial charge is 0.256 e. The molecule has 2 saturated carbocycles. The van der Waals surface area contributed by atoms with E-state index in [0.717, 1.165) is 36.7 Å². The third-order valence-electron chi connectivity index (χ3n) is 7.86. The number of amidine groups is 1. The van der Waals surface area contributed by atoms with E-state index in [1.807, 2.05) is 35.2 Å². The van der Waals surface area contributed by atoms with Crippen LogP contribution >= 0.6 is 0 Å². The molecule has 4 aliphatic rings. The van der Waals surface area contributed by atoms with Crippen molar-refractivity contribution in [2.24, 2.45) is 16.8 Å². The fraction of sp³-hybridized carbons (Fsp3) is 0.407. The number of H-pyrrole nitrogens is 1. The van der Waals surface area contributed by atoms with Gasteiger partial charge in [0.15, 0.2) is 0 Å². The minimum atomic E-state index is -0.707. The molecule has 3 fully saturated rings. The number of rotatable bonds is 5. The number of nitrogens with zero attached hydrogens (tertiary/aromatic N) is 4. The van der Waals surface area contributed by atoms with Crippen LogP contribution in [0.4, 0.5) is 4.39 Å². The molecular formula is C27H26FN5O2. The van der Waals surface area contributed by atoms with E-state index in [2.05, 4.69) is 10.2 Å². The molecule has 1 spiro atoms. The van der Waals surface area contributed by atoms with Gasteiger partial charge in [-0.05, 0) is 56.2 Å². The Morgan fingerprint density at radius 1 is 1.14 bits per heavy atom. The highest BCUT2D eigenvalue weighted by Crippen LogP contribution is 2.46. The molecule has 2 amide bonds. The Hall–Kier alpha value is -3.55. The van der Waals surface area contributed by atoms with Crippen LogP contribution in [0.1, 0.15) is 37.7 Å². The van der Waals surface area contributed by atoms with E-state index in [1.54, 1.807) is 11.0 Å². The summed E-state index contributed by atoms with van der Waals surface area (Å²) in [6.45, 7) is 1.87. The lowest BCUT2D eigenvalue weighted by Gasteiger charge is -2.24. The van der Waals surface area contributed by atoms with Crippen LogP contribution < -0.4 is 0 Å². The highest BCUT2D eigenvalue weighted by Gasteiger charge is 2.58. The SMILES string of the molecule is O=C(C1CC1)N1CCC(CN2C(=O)C3(CC3)N=C2c2ccc(-c3n[nH]c4ccccc34)cc2F)C1. The van der Waals surface area contributed by atoms with Gasteiger partial charge < -0.3 is 4.90 Å². The first-order valence-corrected chi connectivity index (χ1v) is 12.5. The lowest BCUT2D eigenvalue weighted by molar-refractivity contribution is -0.131. The summed E-state index contributed by atoms with van der Waals surface area (Å²) in [4.78, 5) is 34.2. The van der Waals surface area contributed by atoms with Crippen LogP contribution in [0.25, 0.3) is 22.2 Å². The lowest BCUT2D eigenvalue weighted by Crippen LogP contribution is -2.41. The number of halogens is 1. The number of para-hydroxylation sites is 1. The second-order valence-electron chi connectivity index (χ2n) is 10.4. The molecule has 1 atom stereocenters. The number of fused-ring (bicyclic) bond motifs is 1. The van der Waals surface area contributed by atoms with Crippen LogP contribution in [0.5, 0.6) is 0 Å². The Labute approximate surface area is 202 Å². The standard InChI is InChI=1S/C27H26FN5O2/c28-21-13-18(23-20-3-1-2-4-22(20)30-31-23)7-8-19(21)24-29-27(10-11-27)26(35)33(24)15-16-9-12-32(14-16)25(34)17-5-6-17/h1-4,7-8,13,16-17H,5-6,9-12,14-15H2,(H,30,31). The summed E-state index contributed by atoms with van der Waals surface area (Å²) in [7, 11) is 0. The number of hydrogen-bond acceptors (Lipinski definition) is 4. The number of aromatic amines is 1. The largest absolute Gasteiger partial charge is 0.342 e. The minimum absolute atomic E-state index is 0.0266. The zero-order valence-electron chi connectivity index (χ0n) is 19.3. The first kappa shape index (κ1) is 20.8. The molecule has 3 aromatic rings. The van der Waals surface area contributed by atoms with E-state index < -0.39 is 11.4 Å². The predicted molar refractivity (Wildman–Crippen MR) is 129 cm³/mol. The van der Waals surface area contributed by atoms with E-state index in [0.29, 0.717) is 48.6 Å². The summed E-state index contributed by atoms with van der Waals surface area (Å²) in [6, 6.07) is 12.8. The zero-order chi connectivity index (χ0) is 23.7. The van der Waals surface area contributed by atoms with E-state index in [1.165, 1.54) is 6.07 Å². The zero-order valence-corrected chi connectivity index (χ0v) is 19.3. The first-order valence-electron chi connectivity index (χ1n) is 12.5. The van der Waals surface area contributed by atoms with Crippen molar-refractivity contribution in [1.29, 1.82) is 0 Å².